The van der Waals surface area contributed by atoms with Crippen LogP contribution in [0.5, 0.6) is 17.2 Å². The first-order valence-electron chi connectivity index (χ1n) is 17.1. The number of aromatic hydroxyl groups is 1. The summed E-state index contributed by atoms with van der Waals surface area (Å²) in [6, 6.07) is 21.0. The highest BCUT2D eigenvalue weighted by Crippen LogP contribution is 2.34. The van der Waals surface area contributed by atoms with Crippen LogP contribution in [0.15, 0.2) is 72.8 Å². The number of amides is 4. The Bertz CT molecular complexity index is 1980. The highest BCUT2D eigenvalue weighted by molar-refractivity contribution is 6.24. The minimum absolute atomic E-state index is 0.0720. The number of carbonyl (C=O) groups excluding carboxylic acids is 4. The van der Waals surface area contributed by atoms with Crippen molar-refractivity contribution in [2.45, 2.75) is 44.7 Å². The molecule has 4 heterocycles. The zero-order valence-electron chi connectivity index (χ0n) is 27.9. The van der Waals surface area contributed by atoms with Crippen LogP contribution >= 0.6 is 0 Å². The smallest absolute Gasteiger partial charge is 0.266 e. The number of nitrogen functional groups attached to an aromatic ring is 1. The maximum Gasteiger partial charge on any atom is 0.266 e. The lowest BCUT2D eigenvalue weighted by Crippen LogP contribution is -2.54. The Hall–Kier alpha value is -5.82. The van der Waals surface area contributed by atoms with E-state index < -0.39 is 29.7 Å². The van der Waals surface area contributed by atoms with Crippen molar-refractivity contribution in [2.75, 3.05) is 32.0 Å². The minimum atomic E-state index is -1.01. The summed E-state index contributed by atoms with van der Waals surface area (Å²) in [5.41, 5.74) is 9.79. The summed E-state index contributed by atoms with van der Waals surface area (Å²) >= 11 is 0. The number of piperidine rings is 1. The molecule has 7 rings (SSSR count). The molecule has 1 atom stereocenters. The van der Waals surface area contributed by atoms with Crippen molar-refractivity contribution in [2.24, 2.45) is 5.92 Å². The number of phenolic OH excluding ortho intramolecular Hbond substituents is 1. The van der Waals surface area contributed by atoms with Gasteiger partial charge in [-0.2, -0.15) is 0 Å². The zero-order valence-corrected chi connectivity index (χ0v) is 27.9. The second-order valence-electron chi connectivity index (χ2n) is 13.1. The number of nitrogens with zero attached hydrogens (tertiary/aromatic N) is 4. The van der Waals surface area contributed by atoms with Gasteiger partial charge in [0.25, 0.3) is 11.8 Å². The Morgan fingerprint density at radius 1 is 0.843 bits per heavy atom. The van der Waals surface area contributed by atoms with Crippen molar-refractivity contribution in [3.63, 3.8) is 0 Å². The van der Waals surface area contributed by atoms with Gasteiger partial charge in [-0.1, -0.05) is 42.5 Å². The highest BCUT2D eigenvalue weighted by atomic mass is 16.5. The molecule has 0 radical (unpaired) electrons. The molecule has 0 aliphatic carbocycles. The summed E-state index contributed by atoms with van der Waals surface area (Å²) in [5.74, 6) is -0.537. The first kappa shape index (κ1) is 33.7. The van der Waals surface area contributed by atoms with Crippen molar-refractivity contribution in [3.8, 4) is 28.5 Å². The van der Waals surface area contributed by atoms with Gasteiger partial charge in [-0.25, -0.2) is 0 Å². The highest BCUT2D eigenvalue weighted by Gasteiger charge is 2.46. The first-order chi connectivity index (χ1) is 24.7. The van der Waals surface area contributed by atoms with Crippen molar-refractivity contribution < 1.29 is 33.8 Å². The van der Waals surface area contributed by atoms with Crippen LogP contribution in [-0.4, -0.2) is 81.1 Å². The molecule has 4 aromatic rings. The van der Waals surface area contributed by atoms with Crippen LogP contribution in [-0.2, 0) is 22.6 Å². The van der Waals surface area contributed by atoms with Crippen molar-refractivity contribution >= 4 is 29.4 Å². The molecular formula is C38H38N6O7. The third-order valence-corrected chi connectivity index (χ3v) is 9.52. The lowest BCUT2D eigenvalue weighted by Gasteiger charge is -2.39. The second-order valence-corrected chi connectivity index (χ2v) is 13.1. The van der Waals surface area contributed by atoms with Gasteiger partial charge in [0, 0.05) is 44.1 Å². The van der Waals surface area contributed by atoms with E-state index in [-0.39, 0.29) is 35.5 Å². The van der Waals surface area contributed by atoms with Gasteiger partial charge in [0.15, 0.2) is 11.6 Å². The summed E-state index contributed by atoms with van der Waals surface area (Å²) in [4.78, 5) is 53.6. The van der Waals surface area contributed by atoms with Crippen LogP contribution in [0.25, 0.3) is 11.3 Å². The van der Waals surface area contributed by atoms with E-state index in [2.05, 4.69) is 44.7 Å². The Labute approximate surface area is 294 Å². The number of hydrogen-bond donors (Lipinski definition) is 3. The minimum Gasteiger partial charge on any atom is -0.507 e. The number of nitrogens with one attached hydrogen (secondary N) is 1. The monoisotopic (exact) mass is 690 g/mol. The Morgan fingerprint density at radius 3 is 2.37 bits per heavy atom. The molecule has 2 saturated heterocycles. The molecule has 0 saturated carbocycles. The van der Waals surface area contributed by atoms with Crippen LogP contribution in [0.1, 0.15) is 57.5 Å². The maximum atomic E-state index is 13.3. The fourth-order valence-corrected chi connectivity index (χ4v) is 6.82. The summed E-state index contributed by atoms with van der Waals surface area (Å²) in [6.45, 7) is 3.67. The number of para-hydroxylation sites is 1. The SMILES string of the molecule is Nc1nnc(-c2ccccc2O)cc1OCCc1ccc(CN2CC(CCCOc3cccc4c3C(=O)N(C3CCC(=O)NC3=O)C4=O)C2)cc1. The zero-order chi connectivity index (χ0) is 35.5. The molecule has 3 aliphatic rings. The van der Waals surface area contributed by atoms with Gasteiger partial charge >= 0.3 is 0 Å². The molecule has 51 heavy (non-hydrogen) atoms. The summed E-state index contributed by atoms with van der Waals surface area (Å²) in [7, 11) is 0. The Morgan fingerprint density at radius 2 is 1.59 bits per heavy atom. The molecular weight excluding hydrogens is 652 g/mol. The molecule has 2 fully saturated rings. The number of likely N-dealkylation sites (tertiary alicyclic amines) is 1. The largest absolute Gasteiger partial charge is 0.507 e. The first-order valence-corrected chi connectivity index (χ1v) is 17.1. The quantitative estimate of drug-likeness (QED) is 0.138. The Kier molecular flexibility index (Phi) is 9.62. The van der Waals surface area contributed by atoms with E-state index in [9.17, 15) is 24.3 Å². The molecule has 13 heteroatoms. The molecule has 262 valence electrons. The van der Waals surface area contributed by atoms with Gasteiger partial charge in [-0.15, -0.1) is 10.2 Å². The normalized spacial score (nSPS) is 17.6. The van der Waals surface area contributed by atoms with Gasteiger partial charge in [0.1, 0.15) is 23.2 Å². The third-order valence-electron chi connectivity index (χ3n) is 9.52. The van der Waals surface area contributed by atoms with E-state index in [1.54, 1.807) is 42.5 Å². The Balaban J connectivity index is 0.823. The van der Waals surface area contributed by atoms with E-state index in [0.29, 0.717) is 48.3 Å². The second kappa shape index (κ2) is 14.6. The third kappa shape index (κ3) is 7.24. The molecule has 1 unspecified atom stereocenters. The van der Waals surface area contributed by atoms with Crippen molar-refractivity contribution in [1.82, 2.24) is 25.3 Å². The number of carbonyl (C=O) groups is 4. The molecule has 0 spiro atoms. The number of hydrogen-bond acceptors (Lipinski definition) is 11. The van der Waals surface area contributed by atoms with Gasteiger partial charge < -0.3 is 20.3 Å². The molecule has 0 bridgehead atoms. The molecule has 4 N–H and O–H groups in total. The van der Waals surface area contributed by atoms with Crippen LogP contribution < -0.4 is 20.5 Å². The number of phenols is 1. The lowest BCUT2D eigenvalue weighted by molar-refractivity contribution is -0.136. The topological polar surface area (TPSA) is 177 Å². The van der Waals surface area contributed by atoms with Crippen LogP contribution in [0.4, 0.5) is 5.82 Å². The number of aromatic nitrogens is 2. The van der Waals surface area contributed by atoms with E-state index in [0.717, 1.165) is 42.9 Å². The summed E-state index contributed by atoms with van der Waals surface area (Å²) in [5, 5.41) is 20.4. The summed E-state index contributed by atoms with van der Waals surface area (Å²) in [6.07, 6.45) is 2.65. The molecule has 3 aliphatic heterocycles. The van der Waals surface area contributed by atoms with Gasteiger partial charge in [-0.3, -0.25) is 34.3 Å². The summed E-state index contributed by atoms with van der Waals surface area (Å²) < 4.78 is 11.9. The predicted octanol–water partition coefficient (Wildman–Crippen LogP) is 3.75. The molecule has 13 nitrogen and oxygen atoms in total. The molecule has 4 amide bonds. The number of ether oxygens (including phenoxy) is 2. The number of rotatable bonds is 13. The average molecular weight is 691 g/mol. The van der Waals surface area contributed by atoms with Crippen LogP contribution in [0.3, 0.4) is 0 Å². The number of nitrogens with two attached hydrogens (primary N) is 1. The van der Waals surface area contributed by atoms with Crippen molar-refractivity contribution in [3.05, 3.63) is 95.1 Å². The maximum absolute atomic E-state index is 13.3. The van der Waals surface area contributed by atoms with Gasteiger partial charge in [0.05, 0.1) is 24.3 Å². The number of fused-ring (bicyclic) bond motifs is 1. The van der Waals surface area contributed by atoms with E-state index in [1.165, 1.54) is 5.56 Å². The van der Waals surface area contributed by atoms with Gasteiger partial charge in [0.2, 0.25) is 11.8 Å². The van der Waals surface area contributed by atoms with Gasteiger partial charge in [-0.05, 0) is 60.6 Å². The molecule has 1 aromatic heterocycles. The number of benzene rings is 3. The van der Waals surface area contributed by atoms with Crippen LogP contribution in [0.2, 0.25) is 0 Å². The fraction of sp³-hybridized carbons (Fsp3) is 0.316. The number of anilines is 1. The predicted molar refractivity (Wildman–Crippen MR) is 186 cm³/mol. The van der Waals surface area contributed by atoms with E-state index >= 15 is 0 Å². The number of imide groups is 2. The average Bonchev–Trinajstić information content (AvgIpc) is 3.36. The van der Waals surface area contributed by atoms with Crippen molar-refractivity contribution in [1.29, 1.82) is 0 Å². The van der Waals surface area contributed by atoms with E-state index in [4.69, 9.17) is 15.2 Å². The fourth-order valence-electron chi connectivity index (χ4n) is 6.82. The van der Waals surface area contributed by atoms with E-state index in [1.807, 2.05) is 6.07 Å². The van der Waals surface area contributed by atoms with Crippen LogP contribution in [0, 0.1) is 5.92 Å². The lowest BCUT2D eigenvalue weighted by atomic mass is 9.94. The molecule has 3 aromatic carbocycles. The standard InChI is InChI=1S/C38H38N6O7/c39-35-32(19-28(41-42-35)26-6-1-2-8-30(26)45)51-18-16-23-10-12-24(13-11-23)20-43-21-25(22-43)5-4-17-50-31-9-3-7-27-34(31)38(49)44(37(27)48)29-14-15-33(46)40-36(29)47/h1-3,6-13,19,25,29,45H,4-5,14-18,20-22H2,(H2,39,42)(H,40,46,47).